The van der Waals surface area contributed by atoms with Crippen molar-refractivity contribution in [1.29, 1.82) is 0 Å². The Balaban J connectivity index is 2.34. The summed E-state index contributed by atoms with van der Waals surface area (Å²) in [6, 6.07) is 0. The summed E-state index contributed by atoms with van der Waals surface area (Å²) in [5, 5.41) is 0. The average Bonchev–Trinajstić information content (AvgIpc) is 2.14. The lowest BCUT2D eigenvalue weighted by Gasteiger charge is -2.02. The van der Waals surface area contributed by atoms with Gasteiger partial charge in [-0.25, -0.2) is 0 Å². The van der Waals surface area contributed by atoms with Crippen molar-refractivity contribution >= 4 is 0 Å². The molecule has 8 heavy (non-hydrogen) atoms. The molecule has 1 aliphatic carbocycles. The number of allylic oxidation sites excluding steroid dienone is 2. The molecule has 0 fully saturated rings. The molecule has 0 unspecified atom stereocenters. The van der Waals surface area contributed by atoms with Crippen LogP contribution in [0.15, 0.2) is 12.2 Å². The van der Waals surface area contributed by atoms with Gasteiger partial charge in [-0.2, -0.15) is 0 Å². The van der Waals surface area contributed by atoms with Gasteiger partial charge in [0.2, 0.25) is 0 Å². The van der Waals surface area contributed by atoms with Crippen LogP contribution in [0.4, 0.5) is 0 Å². The molecule has 0 aromatic carbocycles. The molecule has 1 aliphatic rings. The van der Waals surface area contributed by atoms with E-state index in [4.69, 9.17) is 0 Å². The molecular formula is C8H14. The molecule has 0 nitrogen and oxygen atoms in total. The Hall–Kier alpha value is -0.260. The van der Waals surface area contributed by atoms with E-state index >= 15 is 0 Å². The maximum atomic E-state index is 2.35. The molecule has 0 saturated carbocycles. The van der Waals surface area contributed by atoms with Crippen LogP contribution in [0.5, 0.6) is 0 Å². The molecule has 0 heteroatoms. The van der Waals surface area contributed by atoms with Gasteiger partial charge in [-0.1, -0.05) is 26.0 Å². The molecule has 0 heterocycles. The van der Waals surface area contributed by atoms with Gasteiger partial charge in [0.1, 0.15) is 0 Å². The van der Waals surface area contributed by atoms with Crippen LogP contribution < -0.4 is 0 Å². The highest BCUT2D eigenvalue weighted by molar-refractivity contribution is 4.99. The van der Waals surface area contributed by atoms with Crippen LogP contribution in [0, 0.1) is 11.8 Å². The van der Waals surface area contributed by atoms with E-state index in [1.807, 2.05) is 0 Å². The van der Waals surface area contributed by atoms with E-state index in [9.17, 15) is 0 Å². The van der Waals surface area contributed by atoms with Crippen molar-refractivity contribution in [1.82, 2.24) is 0 Å². The van der Waals surface area contributed by atoms with Gasteiger partial charge in [0.05, 0.1) is 0 Å². The molecule has 0 amide bonds. The molecule has 0 radical (unpaired) electrons. The number of rotatable bonds is 1. The normalized spacial score (nSPS) is 36.2. The molecule has 46 valence electrons. The highest BCUT2D eigenvalue weighted by atomic mass is 14.2. The minimum absolute atomic E-state index is 0.847. The minimum Gasteiger partial charge on any atom is -0.0854 e. The van der Waals surface area contributed by atoms with E-state index in [1.54, 1.807) is 0 Å². The van der Waals surface area contributed by atoms with Crippen LogP contribution in [0.1, 0.15) is 26.7 Å². The molecule has 0 N–H and O–H groups in total. The summed E-state index contributed by atoms with van der Waals surface area (Å²) in [5.74, 6) is 1.74. The first-order valence-corrected chi connectivity index (χ1v) is 3.51. The first kappa shape index (κ1) is 5.87. The SMILES string of the molecule is CC[C@@H]1C=C[C@@H](C)C1. The van der Waals surface area contributed by atoms with Gasteiger partial charge >= 0.3 is 0 Å². The molecule has 2 atom stereocenters. The second-order valence-electron chi connectivity index (χ2n) is 2.77. The summed E-state index contributed by atoms with van der Waals surface area (Å²) in [7, 11) is 0. The molecule has 1 rings (SSSR count). The maximum absolute atomic E-state index is 2.35. The summed E-state index contributed by atoms with van der Waals surface area (Å²) >= 11 is 0. The molecule has 0 bridgehead atoms. The summed E-state index contributed by atoms with van der Waals surface area (Å²) < 4.78 is 0. The van der Waals surface area contributed by atoms with E-state index in [1.165, 1.54) is 12.8 Å². The Kier molecular flexibility index (Phi) is 1.72. The van der Waals surface area contributed by atoms with Crippen LogP contribution in [-0.2, 0) is 0 Å². The fourth-order valence-electron chi connectivity index (χ4n) is 1.28. The largest absolute Gasteiger partial charge is 0.0854 e. The average molecular weight is 110 g/mol. The third kappa shape index (κ3) is 1.12. The van der Waals surface area contributed by atoms with Gasteiger partial charge in [-0.15, -0.1) is 0 Å². The Morgan fingerprint density at radius 2 is 2.25 bits per heavy atom. The number of hydrogen-bond donors (Lipinski definition) is 0. The van der Waals surface area contributed by atoms with Crippen molar-refractivity contribution in [2.24, 2.45) is 11.8 Å². The second-order valence-corrected chi connectivity index (χ2v) is 2.77. The highest BCUT2D eigenvalue weighted by Crippen LogP contribution is 2.24. The summed E-state index contributed by atoms with van der Waals surface area (Å²) in [5.41, 5.74) is 0. The zero-order chi connectivity index (χ0) is 5.98. The molecule has 0 saturated heterocycles. The van der Waals surface area contributed by atoms with Crippen LogP contribution in [0.3, 0.4) is 0 Å². The van der Waals surface area contributed by atoms with E-state index in [2.05, 4.69) is 26.0 Å². The maximum Gasteiger partial charge on any atom is -0.0231 e. The fraction of sp³-hybridized carbons (Fsp3) is 0.750. The third-order valence-electron chi connectivity index (χ3n) is 1.91. The van der Waals surface area contributed by atoms with Gasteiger partial charge in [0.25, 0.3) is 0 Å². The smallest absolute Gasteiger partial charge is 0.0231 e. The highest BCUT2D eigenvalue weighted by Gasteiger charge is 2.11. The summed E-state index contributed by atoms with van der Waals surface area (Å²) in [6.45, 7) is 4.54. The standard InChI is InChI=1S/C8H14/c1-3-8-5-4-7(2)6-8/h4-5,7-8H,3,6H2,1-2H3/t7-,8-/m1/s1. The van der Waals surface area contributed by atoms with Gasteiger partial charge in [-0.05, 0) is 24.7 Å². The molecule has 0 spiro atoms. The first-order valence-electron chi connectivity index (χ1n) is 3.51. The predicted molar refractivity (Wildman–Crippen MR) is 36.7 cm³/mol. The van der Waals surface area contributed by atoms with Gasteiger partial charge in [0, 0.05) is 0 Å². The predicted octanol–water partition coefficient (Wildman–Crippen LogP) is 2.61. The Labute approximate surface area is 51.6 Å². The van der Waals surface area contributed by atoms with Crippen molar-refractivity contribution in [3.05, 3.63) is 12.2 Å². The van der Waals surface area contributed by atoms with Gasteiger partial charge in [-0.3, -0.25) is 0 Å². The van der Waals surface area contributed by atoms with Crippen LogP contribution in [0.25, 0.3) is 0 Å². The fourth-order valence-corrected chi connectivity index (χ4v) is 1.28. The molecule has 0 aromatic rings. The monoisotopic (exact) mass is 110 g/mol. The van der Waals surface area contributed by atoms with Crippen molar-refractivity contribution < 1.29 is 0 Å². The van der Waals surface area contributed by atoms with Crippen LogP contribution in [0.2, 0.25) is 0 Å². The van der Waals surface area contributed by atoms with Crippen LogP contribution >= 0.6 is 0 Å². The zero-order valence-electron chi connectivity index (χ0n) is 5.72. The number of hydrogen-bond acceptors (Lipinski definition) is 0. The Bertz CT molecular complexity index is 92.2. The lowest BCUT2D eigenvalue weighted by atomic mass is 10.0. The van der Waals surface area contributed by atoms with Gasteiger partial charge in [0.15, 0.2) is 0 Å². The van der Waals surface area contributed by atoms with E-state index in [-0.39, 0.29) is 0 Å². The minimum atomic E-state index is 0.847. The van der Waals surface area contributed by atoms with Crippen molar-refractivity contribution in [2.75, 3.05) is 0 Å². The lowest BCUT2D eigenvalue weighted by Crippen LogP contribution is -1.91. The molecular weight excluding hydrogens is 96.1 g/mol. The summed E-state index contributed by atoms with van der Waals surface area (Å²) in [6.07, 6.45) is 7.39. The second kappa shape index (κ2) is 2.34. The lowest BCUT2D eigenvalue weighted by molar-refractivity contribution is 0.538. The quantitative estimate of drug-likeness (QED) is 0.455. The molecule has 0 aliphatic heterocycles. The van der Waals surface area contributed by atoms with Crippen LogP contribution in [-0.4, -0.2) is 0 Å². The summed E-state index contributed by atoms with van der Waals surface area (Å²) in [4.78, 5) is 0. The van der Waals surface area contributed by atoms with Crippen molar-refractivity contribution in [3.63, 3.8) is 0 Å². The van der Waals surface area contributed by atoms with E-state index < -0.39 is 0 Å². The Morgan fingerprint density at radius 1 is 1.50 bits per heavy atom. The van der Waals surface area contributed by atoms with Crippen molar-refractivity contribution in [2.45, 2.75) is 26.7 Å². The van der Waals surface area contributed by atoms with Crippen molar-refractivity contribution in [3.8, 4) is 0 Å². The third-order valence-corrected chi connectivity index (χ3v) is 1.91. The topological polar surface area (TPSA) is 0 Å². The zero-order valence-corrected chi connectivity index (χ0v) is 5.72. The first-order chi connectivity index (χ1) is 3.83. The van der Waals surface area contributed by atoms with E-state index in [0.29, 0.717) is 0 Å². The van der Waals surface area contributed by atoms with E-state index in [0.717, 1.165) is 11.8 Å². The molecule has 0 aromatic heterocycles. The van der Waals surface area contributed by atoms with Gasteiger partial charge < -0.3 is 0 Å². The Morgan fingerprint density at radius 3 is 2.50 bits per heavy atom.